The Balaban J connectivity index is 2.41. The molecule has 0 aromatic carbocycles. The lowest BCUT2D eigenvalue weighted by molar-refractivity contribution is 0.0941. The number of nitrogens with zero attached hydrogens (tertiary/aromatic N) is 3. The summed E-state index contributed by atoms with van der Waals surface area (Å²) in [7, 11) is 4.03. The van der Waals surface area contributed by atoms with Gasteiger partial charge in [-0.25, -0.2) is 0 Å². The van der Waals surface area contributed by atoms with E-state index >= 15 is 0 Å². The number of nitriles is 1. The summed E-state index contributed by atoms with van der Waals surface area (Å²) in [6, 6.07) is 2.94. The molecular formula is C12H24N4. The Morgan fingerprint density at radius 2 is 2.19 bits per heavy atom. The van der Waals surface area contributed by atoms with E-state index < -0.39 is 0 Å². The number of hydrogen-bond donors (Lipinski definition) is 1. The molecule has 0 saturated carbocycles. The molecule has 0 spiro atoms. The normalized spacial score (nSPS) is 27.3. The fourth-order valence-electron chi connectivity index (χ4n) is 2.11. The van der Waals surface area contributed by atoms with Crippen LogP contribution in [0.25, 0.3) is 0 Å². The SMILES string of the molecule is CNC(C)(C#N)CCN1CCN(C)CC1C. The molecule has 2 unspecified atom stereocenters. The van der Waals surface area contributed by atoms with E-state index in [1.165, 1.54) is 0 Å². The van der Waals surface area contributed by atoms with E-state index in [1.54, 1.807) is 0 Å². The van der Waals surface area contributed by atoms with Crippen molar-refractivity contribution < 1.29 is 0 Å². The Kier molecular flexibility index (Phi) is 4.72. The highest BCUT2D eigenvalue weighted by Gasteiger charge is 2.26. The highest BCUT2D eigenvalue weighted by Crippen LogP contribution is 2.13. The molecule has 2 atom stereocenters. The van der Waals surface area contributed by atoms with Crippen LogP contribution in [-0.4, -0.2) is 61.7 Å². The second-order valence-corrected chi connectivity index (χ2v) is 5.09. The molecule has 1 heterocycles. The first kappa shape index (κ1) is 13.4. The van der Waals surface area contributed by atoms with Crippen molar-refractivity contribution in [1.82, 2.24) is 15.1 Å². The molecular weight excluding hydrogens is 200 g/mol. The van der Waals surface area contributed by atoms with Crippen molar-refractivity contribution in [2.45, 2.75) is 31.8 Å². The van der Waals surface area contributed by atoms with E-state index in [2.05, 4.69) is 35.2 Å². The predicted molar refractivity (Wildman–Crippen MR) is 66.2 cm³/mol. The smallest absolute Gasteiger partial charge is 0.104 e. The Morgan fingerprint density at radius 1 is 1.50 bits per heavy atom. The number of likely N-dealkylation sites (N-methyl/N-ethyl adjacent to an activating group) is 1. The van der Waals surface area contributed by atoms with Gasteiger partial charge in [0.2, 0.25) is 0 Å². The average Bonchev–Trinajstić information content (AvgIpc) is 2.27. The van der Waals surface area contributed by atoms with E-state index in [0.717, 1.165) is 32.6 Å². The summed E-state index contributed by atoms with van der Waals surface area (Å²) in [5.74, 6) is 0. The van der Waals surface area contributed by atoms with Gasteiger partial charge in [-0.2, -0.15) is 5.26 Å². The van der Waals surface area contributed by atoms with Gasteiger partial charge in [-0.3, -0.25) is 4.90 Å². The Bertz CT molecular complexity index is 260. The van der Waals surface area contributed by atoms with Gasteiger partial charge in [-0.05, 0) is 34.4 Å². The van der Waals surface area contributed by atoms with E-state index in [9.17, 15) is 0 Å². The molecule has 4 nitrogen and oxygen atoms in total. The lowest BCUT2D eigenvalue weighted by Gasteiger charge is -2.39. The molecule has 0 aliphatic carbocycles. The van der Waals surface area contributed by atoms with Gasteiger partial charge < -0.3 is 10.2 Å². The fourth-order valence-corrected chi connectivity index (χ4v) is 2.11. The number of piperazine rings is 1. The molecule has 4 heteroatoms. The lowest BCUT2D eigenvalue weighted by Crippen LogP contribution is -2.52. The molecule has 0 bridgehead atoms. The Labute approximate surface area is 99.2 Å². The molecule has 1 rings (SSSR count). The largest absolute Gasteiger partial charge is 0.304 e. The molecule has 1 saturated heterocycles. The first-order valence-corrected chi connectivity index (χ1v) is 6.03. The first-order chi connectivity index (χ1) is 7.50. The maximum atomic E-state index is 9.08. The standard InChI is InChI=1S/C12H24N4/c1-11-9-15(4)7-8-16(11)6-5-12(2,10-13)14-3/h11,14H,5-9H2,1-4H3. The summed E-state index contributed by atoms with van der Waals surface area (Å²) in [4.78, 5) is 4.84. The van der Waals surface area contributed by atoms with Gasteiger partial charge in [0.05, 0.1) is 6.07 Å². The number of nitrogens with one attached hydrogen (secondary N) is 1. The third-order valence-corrected chi connectivity index (χ3v) is 3.67. The van der Waals surface area contributed by atoms with E-state index in [0.29, 0.717) is 6.04 Å². The third kappa shape index (κ3) is 3.44. The highest BCUT2D eigenvalue weighted by atomic mass is 15.3. The molecule has 1 aliphatic heterocycles. The van der Waals surface area contributed by atoms with Crippen LogP contribution < -0.4 is 5.32 Å². The molecule has 92 valence electrons. The quantitative estimate of drug-likeness (QED) is 0.756. The molecule has 0 aromatic heterocycles. The van der Waals surface area contributed by atoms with Crippen molar-refractivity contribution in [1.29, 1.82) is 5.26 Å². The van der Waals surface area contributed by atoms with Crippen LogP contribution in [0, 0.1) is 11.3 Å². The van der Waals surface area contributed by atoms with Gasteiger partial charge in [0, 0.05) is 32.2 Å². The third-order valence-electron chi connectivity index (χ3n) is 3.67. The summed E-state index contributed by atoms with van der Waals surface area (Å²) >= 11 is 0. The fraction of sp³-hybridized carbons (Fsp3) is 0.917. The summed E-state index contributed by atoms with van der Waals surface area (Å²) in [5.41, 5.74) is -0.386. The Hall–Kier alpha value is -0.630. The molecule has 1 aliphatic rings. The minimum Gasteiger partial charge on any atom is -0.304 e. The van der Waals surface area contributed by atoms with Gasteiger partial charge in [0.1, 0.15) is 5.54 Å². The molecule has 0 amide bonds. The highest BCUT2D eigenvalue weighted by molar-refractivity contribution is 5.03. The summed E-state index contributed by atoms with van der Waals surface area (Å²) in [6.07, 6.45) is 0.883. The van der Waals surface area contributed by atoms with Crippen molar-refractivity contribution in [3.8, 4) is 6.07 Å². The van der Waals surface area contributed by atoms with Crippen LogP contribution in [0.5, 0.6) is 0 Å². The lowest BCUT2D eigenvalue weighted by atomic mass is 9.99. The minimum absolute atomic E-state index is 0.386. The van der Waals surface area contributed by atoms with Crippen LogP contribution in [0.2, 0.25) is 0 Å². The zero-order valence-corrected chi connectivity index (χ0v) is 11.0. The van der Waals surface area contributed by atoms with E-state index in [-0.39, 0.29) is 5.54 Å². The van der Waals surface area contributed by atoms with Crippen LogP contribution in [0.1, 0.15) is 20.3 Å². The second kappa shape index (κ2) is 5.62. The van der Waals surface area contributed by atoms with Crippen LogP contribution in [0.15, 0.2) is 0 Å². The van der Waals surface area contributed by atoms with E-state index in [4.69, 9.17) is 5.26 Å². The van der Waals surface area contributed by atoms with Crippen molar-refractivity contribution in [3.63, 3.8) is 0 Å². The van der Waals surface area contributed by atoms with Crippen molar-refractivity contribution >= 4 is 0 Å². The molecule has 16 heavy (non-hydrogen) atoms. The topological polar surface area (TPSA) is 42.3 Å². The second-order valence-electron chi connectivity index (χ2n) is 5.09. The number of rotatable bonds is 4. The van der Waals surface area contributed by atoms with Crippen LogP contribution in [0.4, 0.5) is 0 Å². The minimum atomic E-state index is -0.386. The summed E-state index contributed by atoms with van der Waals surface area (Å²) in [5, 5.41) is 12.2. The van der Waals surface area contributed by atoms with Gasteiger partial charge in [0.25, 0.3) is 0 Å². The molecule has 1 fully saturated rings. The van der Waals surface area contributed by atoms with Gasteiger partial charge >= 0.3 is 0 Å². The van der Waals surface area contributed by atoms with Crippen LogP contribution in [0.3, 0.4) is 0 Å². The van der Waals surface area contributed by atoms with Gasteiger partial charge in [-0.1, -0.05) is 0 Å². The van der Waals surface area contributed by atoms with Crippen molar-refractivity contribution in [2.24, 2.45) is 0 Å². The van der Waals surface area contributed by atoms with Gasteiger partial charge in [-0.15, -0.1) is 0 Å². The predicted octanol–water partition coefficient (Wildman–Crippen LogP) is 0.514. The molecule has 0 aromatic rings. The van der Waals surface area contributed by atoms with Crippen LogP contribution >= 0.6 is 0 Å². The zero-order valence-electron chi connectivity index (χ0n) is 11.0. The van der Waals surface area contributed by atoms with E-state index in [1.807, 2.05) is 14.0 Å². The number of hydrogen-bond acceptors (Lipinski definition) is 4. The molecule has 0 radical (unpaired) electrons. The van der Waals surface area contributed by atoms with Crippen molar-refractivity contribution in [2.75, 3.05) is 40.3 Å². The Morgan fingerprint density at radius 3 is 2.69 bits per heavy atom. The summed E-state index contributed by atoms with van der Waals surface area (Å²) in [6.45, 7) is 8.60. The molecule has 1 N–H and O–H groups in total. The average molecular weight is 224 g/mol. The summed E-state index contributed by atoms with van der Waals surface area (Å²) < 4.78 is 0. The maximum absolute atomic E-state index is 9.08. The maximum Gasteiger partial charge on any atom is 0.104 e. The van der Waals surface area contributed by atoms with Crippen molar-refractivity contribution in [3.05, 3.63) is 0 Å². The monoisotopic (exact) mass is 224 g/mol. The first-order valence-electron chi connectivity index (χ1n) is 6.03. The zero-order chi connectivity index (χ0) is 12.2. The van der Waals surface area contributed by atoms with Gasteiger partial charge in [0.15, 0.2) is 0 Å². The van der Waals surface area contributed by atoms with Crippen LogP contribution in [-0.2, 0) is 0 Å².